The molecule has 5 rings (SSSR count). The summed E-state index contributed by atoms with van der Waals surface area (Å²) in [6.45, 7) is 0.719. The van der Waals surface area contributed by atoms with E-state index in [4.69, 9.17) is 16.9 Å². The molecule has 1 fully saturated rings. The Hall–Kier alpha value is -4.23. The molecule has 2 amide bonds. The summed E-state index contributed by atoms with van der Waals surface area (Å²) in [5, 5.41) is 8.58. The first-order valence-electron chi connectivity index (χ1n) is 12.3. The quantitative estimate of drug-likeness (QED) is 0.328. The van der Waals surface area contributed by atoms with Gasteiger partial charge < -0.3 is 26.7 Å². The zero-order valence-corrected chi connectivity index (χ0v) is 21.1. The van der Waals surface area contributed by atoms with E-state index in [1.807, 2.05) is 74.8 Å². The predicted octanol–water partition coefficient (Wildman–Crippen LogP) is 3.67. The van der Waals surface area contributed by atoms with Gasteiger partial charge in [0, 0.05) is 29.4 Å². The van der Waals surface area contributed by atoms with Crippen molar-refractivity contribution in [1.29, 1.82) is 5.41 Å². The first-order chi connectivity index (χ1) is 17.7. The second-order valence-electron chi connectivity index (χ2n) is 10.2. The summed E-state index contributed by atoms with van der Waals surface area (Å²) in [5.74, 6) is -0.672. The molecule has 7 heteroatoms. The number of nitrogen functional groups attached to an aromatic ring is 1. The highest BCUT2D eigenvalue weighted by Gasteiger charge is 2.67. The van der Waals surface area contributed by atoms with Crippen LogP contribution in [0.1, 0.15) is 40.2 Å². The van der Waals surface area contributed by atoms with Gasteiger partial charge in [0.2, 0.25) is 11.8 Å². The lowest BCUT2D eigenvalue weighted by molar-refractivity contribution is -0.123. The Morgan fingerprint density at radius 3 is 2.65 bits per heavy atom. The standard InChI is InChI=1S/C30H31N5O2/c1-34(2)17-20-7-5-6-19(14-20)10-13-25(31)22-12-11-21(15-26(22)32)24-16-30(24)23-8-3-4-9-27(23)35(29(30)37)18-28(33)36/h3-15,24,31H,16-18,32H2,1-2H3,(H2,33,36). The van der Waals surface area contributed by atoms with E-state index in [1.165, 1.54) is 10.5 Å². The molecular weight excluding hydrogens is 462 g/mol. The second-order valence-corrected chi connectivity index (χ2v) is 10.2. The lowest BCUT2D eigenvalue weighted by atomic mass is 9.91. The van der Waals surface area contributed by atoms with Crippen LogP contribution < -0.4 is 16.4 Å². The maximum absolute atomic E-state index is 13.5. The summed E-state index contributed by atoms with van der Waals surface area (Å²) in [6.07, 6.45) is 4.33. The maximum Gasteiger partial charge on any atom is 0.238 e. The molecule has 2 unspecified atom stereocenters. The molecule has 3 aromatic rings. The van der Waals surface area contributed by atoms with E-state index in [9.17, 15) is 9.59 Å². The summed E-state index contributed by atoms with van der Waals surface area (Å²) in [6, 6.07) is 21.5. The Morgan fingerprint density at radius 2 is 1.92 bits per heavy atom. The third-order valence-corrected chi connectivity index (χ3v) is 7.24. The monoisotopic (exact) mass is 493 g/mol. The number of rotatable bonds is 8. The number of hydrogen-bond donors (Lipinski definition) is 3. The molecule has 0 bridgehead atoms. The number of benzene rings is 3. The van der Waals surface area contributed by atoms with Crippen molar-refractivity contribution >= 4 is 35.0 Å². The van der Waals surface area contributed by atoms with Crippen LogP contribution in [-0.2, 0) is 21.5 Å². The molecule has 5 N–H and O–H groups in total. The van der Waals surface area contributed by atoms with Gasteiger partial charge in [-0.1, -0.05) is 60.7 Å². The highest BCUT2D eigenvalue weighted by Crippen LogP contribution is 2.66. The van der Waals surface area contributed by atoms with Gasteiger partial charge in [-0.05, 0) is 61.0 Å². The number of carbonyl (C=O) groups is 2. The molecule has 1 spiro atoms. The van der Waals surface area contributed by atoms with Crippen LogP contribution in [0.2, 0.25) is 0 Å². The number of amides is 2. The van der Waals surface area contributed by atoms with Crippen molar-refractivity contribution in [3.8, 4) is 0 Å². The molecular formula is C30H31N5O2. The Balaban J connectivity index is 1.36. The maximum atomic E-state index is 13.5. The molecule has 0 radical (unpaired) electrons. The fourth-order valence-corrected chi connectivity index (χ4v) is 5.54. The van der Waals surface area contributed by atoms with Gasteiger partial charge in [-0.3, -0.25) is 9.59 Å². The third-order valence-electron chi connectivity index (χ3n) is 7.24. The topological polar surface area (TPSA) is 117 Å². The van der Waals surface area contributed by atoms with E-state index in [1.54, 1.807) is 6.08 Å². The van der Waals surface area contributed by atoms with Crippen LogP contribution in [0, 0.1) is 5.41 Å². The molecule has 1 aliphatic heterocycles. The minimum atomic E-state index is -0.689. The predicted molar refractivity (Wildman–Crippen MR) is 148 cm³/mol. The van der Waals surface area contributed by atoms with Crippen molar-refractivity contribution in [1.82, 2.24) is 4.90 Å². The lowest BCUT2D eigenvalue weighted by Crippen LogP contribution is -2.39. The van der Waals surface area contributed by atoms with Gasteiger partial charge >= 0.3 is 0 Å². The zero-order chi connectivity index (χ0) is 26.3. The lowest BCUT2D eigenvalue weighted by Gasteiger charge is -2.16. The number of para-hydroxylation sites is 1. The molecule has 1 heterocycles. The van der Waals surface area contributed by atoms with Crippen LogP contribution in [0.5, 0.6) is 0 Å². The van der Waals surface area contributed by atoms with Crippen molar-refractivity contribution in [3.05, 3.63) is 101 Å². The average Bonchev–Trinajstić information content (AvgIpc) is 3.57. The molecule has 188 valence electrons. The van der Waals surface area contributed by atoms with Crippen molar-refractivity contribution in [3.63, 3.8) is 0 Å². The number of allylic oxidation sites excluding steroid dienone is 1. The van der Waals surface area contributed by atoms with E-state index >= 15 is 0 Å². The van der Waals surface area contributed by atoms with E-state index in [0.717, 1.165) is 28.9 Å². The number of anilines is 2. The van der Waals surface area contributed by atoms with Crippen LogP contribution in [-0.4, -0.2) is 43.1 Å². The number of fused-ring (bicyclic) bond motifs is 2. The number of nitrogens with two attached hydrogens (primary N) is 2. The number of carbonyl (C=O) groups excluding carboxylic acids is 2. The van der Waals surface area contributed by atoms with E-state index in [-0.39, 0.29) is 18.4 Å². The van der Waals surface area contributed by atoms with E-state index in [0.29, 0.717) is 23.4 Å². The first kappa shape index (κ1) is 24.5. The van der Waals surface area contributed by atoms with Crippen molar-refractivity contribution in [2.75, 3.05) is 31.3 Å². The van der Waals surface area contributed by atoms with Crippen molar-refractivity contribution in [2.45, 2.75) is 24.3 Å². The Bertz CT molecular complexity index is 1440. The molecule has 2 atom stereocenters. The molecule has 0 saturated heterocycles. The smallest absolute Gasteiger partial charge is 0.238 e. The van der Waals surface area contributed by atoms with Gasteiger partial charge in [-0.15, -0.1) is 0 Å². The summed E-state index contributed by atoms with van der Waals surface area (Å²) >= 11 is 0. The van der Waals surface area contributed by atoms with Gasteiger partial charge in [-0.2, -0.15) is 0 Å². The van der Waals surface area contributed by atoms with Gasteiger partial charge in [0.1, 0.15) is 6.54 Å². The van der Waals surface area contributed by atoms with Crippen molar-refractivity contribution in [2.24, 2.45) is 5.73 Å². The zero-order valence-electron chi connectivity index (χ0n) is 21.1. The molecule has 1 saturated carbocycles. The highest BCUT2D eigenvalue weighted by molar-refractivity contribution is 6.14. The van der Waals surface area contributed by atoms with Gasteiger partial charge in [0.15, 0.2) is 0 Å². The molecule has 3 aromatic carbocycles. The van der Waals surface area contributed by atoms with Crippen molar-refractivity contribution < 1.29 is 9.59 Å². The number of primary amides is 1. The summed E-state index contributed by atoms with van der Waals surface area (Å²) in [5.41, 5.74) is 17.5. The first-order valence-corrected chi connectivity index (χ1v) is 12.3. The normalized spacial score (nSPS) is 20.1. The number of hydrogen-bond acceptors (Lipinski definition) is 5. The molecule has 1 aliphatic carbocycles. The Kier molecular flexibility index (Phi) is 6.17. The van der Waals surface area contributed by atoms with Gasteiger partial charge in [0.25, 0.3) is 0 Å². The number of nitrogens with one attached hydrogen (secondary N) is 1. The minimum Gasteiger partial charge on any atom is -0.398 e. The Labute approximate surface area is 216 Å². The summed E-state index contributed by atoms with van der Waals surface area (Å²) < 4.78 is 0. The van der Waals surface area contributed by atoms with Crippen LogP contribution >= 0.6 is 0 Å². The van der Waals surface area contributed by atoms with E-state index in [2.05, 4.69) is 17.0 Å². The number of nitrogens with zero attached hydrogens (tertiary/aromatic N) is 2. The molecule has 0 aromatic heterocycles. The molecule has 37 heavy (non-hydrogen) atoms. The van der Waals surface area contributed by atoms with Crippen LogP contribution in [0.25, 0.3) is 6.08 Å². The molecule has 2 aliphatic rings. The fraction of sp³-hybridized carbons (Fsp3) is 0.233. The fourth-order valence-electron chi connectivity index (χ4n) is 5.54. The largest absolute Gasteiger partial charge is 0.398 e. The summed E-state index contributed by atoms with van der Waals surface area (Å²) in [7, 11) is 4.07. The highest BCUT2D eigenvalue weighted by atomic mass is 16.2. The van der Waals surface area contributed by atoms with Crippen LogP contribution in [0.3, 0.4) is 0 Å². The summed E-state index contributed by atoms with van der Waals surface area (Å²) in [4.78, 5) is 28.7. The average molecular weight is 494 g/mol. The SMILES string of the molecule is CN(C)Cc1cccc(C=CC(=N)c2ccc(C3CC34C(=O)N(CC(N)=O)c3ccccc34)cc2N)c1. The van der Waals surface area contributed by atoms with Gasteiger partial charge in [0.05, 0.1) is 11.1 Å². The second kappa shape index (κ2) is 9.33. The Morgan fingerprint density at radius 1 is 1.14 bits per heavy atom. The van der Waals surface area contributed by atoms with E-state index < -0.39 is 11.3 Å². The van der Waals surface area contributed by atoms with Crippen LogP contribution in [0.15, 0.2) is 72.8 Å². The van der Waals surface area contributed by atoms with Gasteiger partial charge in [-0.25, -0.2) is 0 Å². The van der Waals surface area contributed by atoms with Crippen LogP contribution in [0.4, 0.5) is 11.4 Å². The minimum absolute atomic E-state index is 0.0421. The third kappa shape index (κ3) is 4.42. The molecule has 7 nitrogen and oxygen atoms in total.